The second kappa shape index (κ2) is 10.3. The van der Waals surface area contributed by atoms with Crippen molar-refractivity contribution in [1.29, 1.82) is 5.26 Å². The van der Waals surface area contributed by atoms with Crippen LogP contribution in [0.25, 0.3) is 6.08 Å². The van der Waals surface area contributed by atoms with Gasteiger partial charge in [-0.25, -0.2) is 0 Å². The van der Waals surface area contributed by atoms with Crippen molar-refractivity contribution in [2.45, 2.75) is 45.6 Å². The Hall–Kier alpha value is -2.92. The molecule has 0 saturated heterocycles. The molecule has 27 heavy (non-hydrogen) atoms. The van der Waals surface area contributed by atoms with Crippen molar-refractivity contribution >= 4 is 12.0 Å². The van der Waals surface area contributed by atoms with Gasteiger partial charge in [-0.1, -0.05) is 31.8 Å². The smallest absolute Gasteiger partial charge is 0.262 e. The highest BCUT2D eigenvalue weighted by molar-refractivity contribution is 6.01. The Morgan fingerprint density at radius 2 is 2.11 bits per heavy atom. The largest absolute Gasteiger partial charge is 0.490 e. The lowest BCUT2D eigenvalue weighted by atomic mass is 9.86. The first kappa shape index (κ1) is 20.4. The number of nitriles is 1. The van der Waals surface area contributed by atoms with Gasteiger partial charge < -0.3 is 14.8 Å². The van der Waals surface area contributed by atoms with Gasteiger partial charge in [-0.2, -0.15) is 5.26 Å². The van der Waals surface area contributed by atoms with Crippen LogP contribution in [0.3, 0.4) is 0 Å². The standard InChI is InChI=1S/C22H26N2O3/c1-4-12-27-20-11-10-17(14-21(20)26-5-2)13-18(15-23)22(25)24-19-9-7-6-8-16(19)3/h1,10-11,13-14,16,19H,5-9,12H2,2-3H3,(H,24,25)/b18-13+. The van der Waals surface area contributed by atoms with Crippen LogP contribution in [0.15, 0.2) is 23.8 Å². The van der Waals surface area contributed by atoms with Crippen LogP contribution in [0.5, 0.6) is 11.5 Å². The van der Waals surface area contributed by atoms with Crippen LogP contribution in [0.2, 0.25) is 0 Å². The van der Waals surface area contributed by atoms with Crippen LogP contribution in [0.4, 0.5) is 0 Å². The summed E-state index contributed by atoms with van der Waals surface area (Å²) in [5, 5.41) is 12.5. The van der Waals surface area contributed by atoms with Crippen LogP contribution in [-0.4, -0.2) is 25.2 Å². The fourth-order valence-corrected chi connectivity index (χ4v) is 3.21. The summed E-state index contributed by atoms with van der Waals surface area (Å²) in [4.78, 5) is 12.5. The highest BCUT2D eigenvalue weighted by atomic mass is 16.5. The zero-order valence-electron chi connectivity index (χ0n) is 16.0. The number of terminal acetylenes is 1. The monoisotopic (exact) mass is 366 g/mol. The van der Waals surface area contributed by atoms with Crippen molar-refractivity contribution in [1.82, 2.24) is 5.32 Å². The molecule has 0 bridgehead atoms. The maximum absolute atomic E-state index is 12.5. The lowest BCUT2D eigenvalue weighted by molar-refractivity contribution is -0.118. The Morgan fingerprint density at radius 3 is 2.78 bits per heavy atom. The molecule has 1 fully saturated rings. The van der Waals surface area contributed by atoms with E-state index in [0.29, 0.717) is 29.6 Å². The molecule has 2 unspecified atom stereocenters. The van der Waals surface area contributed by atoms with Gasteiger partial charge in [-0.15, -0.1) is 6.42 Å². The van der Waals surface area contributed by atoms with Gasteiger partial charge in [0.2, 0.25) is 0 Å². The first-order valence-corrected chi connectivity index (χ1v) is 9.34. The van der Waals surface area contributed by atoms with Crippen molar-refractivity contribution in [3.63, 3.8) is 0 Å². The Labute approximate surface area is 161 Å². The van der Waals surface area contributed by atoms with E-state index in [4.69, 9.17) is 15.9 Å². The van der Waals surface area contributed by atoms with E-state index in [2.05, 4.69) is 18.2 Å². The predicted octanol–water partition coefficient (Wildman–Crippen LogP) is 3.70. The number of amides is 1. The second-order valence-electron chi connectivity index (χ2n) is 6.64. The van der Waals surface area contributed by atoms with Crippen LogP contribution in [0, 0.1) is 29.6 Å². The minimum absolute atomic E-state index is 0.0764. The number of ether oxygens (including phenoxy) is 2. The third-order valence-corrected chi connectivity index (χ3v) is 4.68. The van der Waals surface area contributed by atoms with E-state index in [1.807, 2.05) is 13.0 Å². The summed E-state index contributed by atoms with van der Waals surface area (Å²) in [5.74, 6) is 3.57. The molecule has 0 aromatic heterocycles. The average Bonchev–Trinajstić information content (AvgIpc) is 2.67. The lowest BCUT2D eigenvalue weighted by Crippen LogP contribution is -2.41. The summed E-state index contributed by atoms with van der Waals surface area (Å²) >= 11 is 0. The molecule has 5 heteroatoms. The summed E-state index contributed by atoms with van der Waals surface area (Å²) in [6.07, 6.45) is 11.2. The maximum atomic E-state index is 12.5. The third-order valence-electron chi connectivity index (χ3n) is 4.68. The molecule has 1 saturated carbocycles. The molecule has 0 spiro atoms. The van der Waals surface area contributed by atoms with E-state index < -0.39 is 0 Å². The Balaban J connectivity index is 2.18. The SMILES string of the molecule is C#CCOc1ccc(/C=C(\C#N)C(=O)NC2CCCCC2C)cc1OCC. The van der Waals surface area contributed by atoms with Gasteiger partial charge in [0.1, 0.15) is 18.2 Å². The van der Waals surface area contributed by atoms with Crippen molar-refractivity contribution < 1.29 is 14.3 Å². The molecule has 1 amide bonds. The third kappa shape index (κ3) is 5.79. The molecular weight excluding hydrogens is 340 g/mol. The number of nitrogens with zero attached hydrogens (tertiary/aromatic N) is 1. The van der Waals surface area contributed by atoms with Crippen LogP contribution >= 0.6 is 0 Å². The van der Waals surface area contributed by atoms with E-state index in [0.717, 1.165) is 19.3 Å². The van der Waals surface area contributed by atoms with Crippen LogP contribution in [-0.2, 0) is 4.79 Å². The Morgan fingerprint density at radius 1 is 1.33 bits per heavy atom. The molecule has 0 heterocycles. The van der Waals surface area contributed by atoms with Crippen molar-refractivity contribution in [2.24, 2.45) is 5.92 Å². The van der Waals surface area contributed by atoms with Gasteiger partial charge in [0.05, 0.1) is 6.61 Å². The summed E-state index contributed by atoms with van der Waals surface area (Å²) in [6.45, 7) is 4.61. The maximum Gasteiger partial charge on any atom is 0.262 e. The molecule has 1 aliphatic carbocycles. The quantitative estimate of drug-likeness (QED) is 0.454. The summed E-state index contributed by atoms with van der Waals surface area (Å²) in [6, 6.07) is 7.36. The number of rotatable bonds is 7. The number of hydrogen-bond donors (Lipinski definition) is 1. The molecule has 1 aromatic carbocycles. The predicted molar refractivity (Wildman–Crippen MR) is 105 cm³/mol. The molecule has 5 nitrogen and oxygen atoms in total. The highest BCUT2D eigenvalue weighted by Gasteiger charge is 2.24. The van der Waals surface area contributed by atoms with Gasteiger partial charge in [-0.3, -0.25) is 4.79 Å². The Kier molecular flexibility index (Phi) is 7.77. The van der Waals surface area contributed by atoms with Gasteiger partial charge in [-0.05, 0) is 49.5 Å². The minimum atomic E-state index is -0.332. The fourth-order valence-electron chi connectivity index (χ4n) is 3.21. The van der Waals surface area contributed by atoms with Crippen LogP contribution < -0.4 is 14.8 Å². The van der Waals surface area contributed by atoms with Crippen LogP contribution in [0.1, 0.15) is 45.1 Å². The van der Waals surface area contributed by atoms with E-state index in [1.165, 1.54) is 6.42 Å². The zero-order chi connectivity index (χ0) is 19.6. The van der Waals surface area contributed by atoms with Crippen molar-refractivity contribution in [3.05, 3.63) is 29.3 Å². The van der Waals surface area contributed by atoms with E-state index in [-0.39, 0.29) is 24.1 Å². The topological polar surface area (TPSA) is 71.3 Å². The second-order valence-corrected chi connectivity index (χ2v) is 6.64. The number of benzene rings is 1. The lowest BCUT2D eigenvalue weighted by Gasteiger charge is -2.29. The Bertz CT molecular complexity index is 771. The molecule has 0 aliphatic heterocycles. The fraction of sp³-hybridized carbons (Fsp3) is 0.455. The first-order valence-electron chi connectivity index (χ1n) is 9.34. The van der Waals surface area contributed by atoms with Gasteiger partial charge in [0.15, 0.2) is 11.5 Å². The molecule has 2 rings (SSSR count). The number of hydrogen-bond acceptors (Lipinski definition) is 4. The summed E-state index contributed by atoms with van der Waals surface area (Å²) < 4.78 is 11.0. The molecule has 1 aliphatic rings. The van der Waals surface area contributed by atoms with Gasteiger partial charge >= 0.3 is 0 Å². The van der Waals surface area contributed by atoms with Crippen molar-refractivity contribution in [2.75, 3.05) is 13.2 Å². The first-order chi connectivity index (χ1) is 13.1. The zero-order valence-corrected chi connectivity index (χ0v) is 16.0. The van der Waals surface area contributed by atoms with Gasteiger partial charge in [0, 0.05) is 6.04 Å². The normalized spacial score (nSPS) is 19.5. The molecule has 2 atom stereocenters. The molecular formula is C22H26N2O3. The van der Waals surface area contributed by atoms with E-state index in [1.54, 1.807) is 24.3 Å². The number of nitrogens with one attached hydrogen (secondary N) is 1. The van der Waals surface area contributed by atoms with E-state index in [9.17, 15) is 10.1 Å². The minimum Gasteiger partial charge on any atom is -0.490 e. The highest BCUT2D eigenvalue weighted by Crippen LogP contribution is 2.29. The summed E-state index contributed by atoms with van der Waals surface area (Å²) in [5.41, 5.74) is 0.766. The number of carbonyl (C=O) groups excluding carboxylic acids is 1. The molecule has 142 valence electrons. The molecule has 1 aromatic rings. The average molecular weight is 366 g/mol. The van der Waals surface area contributed by atoms with Crippen molar-refractivity contribution in [3.8, 4) is 29.9 Å². The summed E-state index contributed by atoms with van der Waals surface area (Å²) in [7, 11) is 0. The molecule has 1 N–H and O–H groups in total. The number of carbonyl (C=O) groups is 1. The van der Waals surface area contributed by atoms with E-state index >= 15 is 0 Å². The van der Waals surface area contributed by atoms with Gasteiger partial charge in [0.25, 0.3) is 5.91 Å². The molecule has 0 radical (unpaired) electrons.